The van der Waals surface area contributed by atoms with Crippen LogP contribution in [-0.4, -0.2) is 55.1 Å². The van der Waals surface area contributed by atoms with E-state index in [4.69, 9.17) is 4.74 Å². The van der Waals surface area contributed by atoms with E-state index in [0.29, 0.717) is 12.5 Å². The van der Waals surface area contributed by atoms with Crippen molar-refractivity contribution in [2.45, 2.75) is 26.3 Å². The van der Waals surface area contributed by atoms with Gasteiger partial charge in [-0.3, -0.25) is 14.6 Å². The predicted octanol–water partition coefficient (Wildman–Crippen LogP) is 3.01. The van der Waals surface area contributed by atoms with Crippen LogP contribution in [0.3, 0.4) is 0 Å². The lowest BCUT2D eigenvalue weighted by molar-refractivity contribution is -0.157. The summed E-state index contributed by atoms with van der Waals surface area (Å²) in [6.07, 6.45) is 3.93. The molecule has 2 fully saturated rings. The minimum atomic E-state index is -0.331. The topological polar surface area (TPSA) is 32.8 Å². The van der Waals surface area contributed by atoms with Crippen molar-refractivity contribution in [2.24, 2.45) is 11.3 Å². The van der Waals surface area contributed by atoms with Gasteiger partial charge in [0.15, 0.2) is 0 Å². The van der Waals surface area contributed by atoms with Crippen molar-refractivity contribution in [3.63, 3.8) is 0 Å². The average molecular weight is 349 g/mol. The standard InChI is InChI=1S/C19H28N2O2S/c1-3-8-21-13-17-12-20(11-16-6-10-24-14-16)9-5-7-19(17,15-21)18(22)23-4-2/h3,6,10,14,17H,1,4-5,7-9,11-13,15H2,2H3/t17-,19-/m1/s1. The van der Waals surface area contributed by atoms with E-state index in [1.807, 2.05) is 13.0 Å². The maximum absolute atomic E-state index is 12.8. The summed E-state index contributed by atoms with van der Waals surface area (Å²) in [5.41, 5.74) is 1.05. The van der Waals surface area contributed by atoms with E-state index < -0.39 is 0 Å². The molecule has 0 aliphatic carbocycles. The van der Waals surface area contributed by atoms with Crippen molar-refractivity contribution in [1.29, 1.82) is 0 Å². The fourth-order valence-electron chi connectivity index (χ4n) is 4.33. The van der Waals surface area contributed by atoms with Gasteiger partial charge in [0.05, 0.1) is 12.0 Å². The summed E-state index contributed by atoms with van der Waals surface area (Å²) in [5, 5.41) is 4.36. The van der Waals surface area contributed by atoms with E-state index >= 15 is 0 Å². The van der Waals surface area contributed by atoms with E-state index in [0.717, 1.165) is 52.1 Å². The van der Waals surface area contributed by atoms with E-state index in [1.165, 1.54) is 5.56 Å². The number of carbonyl (C=O) groups is 1. The highest BCUT2D eigenvalue weighted by Crippen LogP contribution is 2.43. The van der Waals surface area contributed by atoms with Gasteiger partial charge in [0, 0.05) is 38.6 Å². The molecule has 2 saturated heterocycles. The number of thiophene rings is 1. The van der Waals surface area contributed by atoms with Crippen LogP contribution in [0, 0.1) is 11.3 Å². The largest absolute Gasteiger partial charge is 0.466 e. The molecule has 2 atom stereocenters. The molecule has 0 N–H and O–H groups in total. The van der Waals surface area contributed by atoms with Crippen LogP contribution in [0.15, 0.2) is 29.5 Å². The zero-order chi connectivity index (χ0) is 17.0. The first-order valence-corrected chi connectivity index (χ1v) is 9.86. The Labute approximate surface area is 149 Å². The van der Waals surface area contributed by atoms with Crippen molar-refractivity contribution in [3.05, 3.63) is 35.0 Å². The molecule has 0 radical (unpaired) electrons. The third kappa shape index (κ3) is 3.58. The summed E-state index contributed by atoms with van der Waals surface area (Å²) >= 11 is 1.75. The lowest BCUT2D eigenvalue weighted by Crippen LogP contribution is -2.42. The Morgan fingerprint density at radius 1 is 1.50 bits per heavy atom. The second kappa shape index (κ2) is 7.81. The Kier molecular flexibility index (Phi) is 5.74. The van der Waals surface area contributed by atoms with Crippen LogP contribution >= 0.6 is 11.3 Å². The number of hydrogen-bond donors (Lipinski definition) is 0. The molecule has 2 aliphatic rings. The molecule has 3 heterocycles. The number of rotatable bonds is 6. The highest BCUT2D eigenvalue weighted by Gasteiger charge is 2.53. The second-order valence-corrected chi connectivity index (χ2v) is 7.81. The van der Waals surface area contributed by atoms with E-state index in [2.05, 4.69) is 33.2 Å². The molecule has 24 heavy (non-hydrogen) atoms. The van der Waals surface area contributed by atoms with Gasteiger partial charge in [0.25, 0.3) is 0 Å². The Bertz CT molecular complexity index is 560. The third-order valence-corrected chi connectivity index (χ3v) is 6.13. The number of fused-ring (bicyclic) bond motifs is 1. The minimum absolute atomic E-state index is 0.0129. The molecule has 0 spiro atoms. The van der Waals surface area contributed by atoms with Crippen LogP contribution in [0.1, 0.15) is 25.3 Å². The van der Waals surface area contributed by atoms with Crippen LogP contribution < -0.4 is 0 Å². The lowest BCUT2D eigenvalue weighted by atomic mass is 9.75. The summed E-state index contributed by atoms with van der Waals surface area (Å²) in [6, 6.07) is 2.20. The highest BCUT2D eigenvalue weighted by molar-refractivity contribution is 7.07. The average Bonchev–Trinajstić information content (AvgIpc) is 3.13. The maximum atomic E-state index is 12.8. The maximum Gasteiger partial charge on any atom is 0.313 e. The molecule has 1 aromatic heterocycles. The van der Waals surface area contributed by atoms with Crippen LogP contribution in [0.25, 0.3) is 0 Å². The van der Waals surface area contributed by atoms with Crippen LogP contribution in [-0.2, 0) is 16.1 Å². The summed E-state index contributed by atoms with van der Waals surface area (Å²) < 4.78 is 5.50. The first-order chi connectivity index (χ1) is 11.7. The Hall–Kier alpha value is -1.17. The van der Waals surface area contributed by atoms with E-state index in [1.54, 1.807) is 11.3 Å². The van der Waals surface area contributed by atoms with E-state index in [9.17, 15) is 4.79 Å². The van der Waals surface area contributed by atoms with Gasteiger partial charge in [0.1, 0.15) is 0 Å². The normalized spacial score (nSPS) is 28.3. The minimum Gasteiger partial charge on any atom is -0.466 e. The third-order valence-electron chi connectivity index (χ3n) is 5.40. The lowest BCUT2D eigenvalue weighted by Gasteiger charge is -2.31. The molecule has 5 heteroatoms. The van der Waals surface area contributed by atoms with E-state index in [-0.39, 0.29) is 11.4 Å². The van der Waals surface area contributed by atoms with Crippen LogP contribution in [0.4, 0.5) is 0 Å². The number of nitrogens with zero attached hydrogens (tertiary/aromatic N) is 2. The van der Waals surface area contributed by atoms with Gasteiger partial charge in [-0.05, 0) is 48.7 Å². The predicted molar refractivity (Wildman–Crippen MR) is 98.0 cm³/mol. The van der Waals surface area contributed by atoms with Crippen LogP contribution in [0.2, 0.25) is 0 Å². The van der Waals surface area contributed by atoms with Crippen molar-refractivity contribution < 1.29 is 9.53 Å². The fraction of sp³-hybridized carbons (Fsp3) is 0.632. The number of likely N-dealkylation sites (tertiary alicyclic amines) is 2. The quantitative estimate of drug-likeness (QED) is 0.584. The molecule has 132 valence electrons. The molecule has 0 bridgehead atoms. The molecular formula is C19H28N2O2S. The van der Waals surface area contributed by atoms with Gasteiger partial charge >= 0.3 is 5.97 Å². The van der Waals surface area contributed by atoms with Gasteiger partial charge < -0.3 is 4.74 Å². The van der Waals surface area contributed by atoms with Gasteiger partial charge in [-0.25, -0.2) is 0 Å². The Balaban J connectivity index is 1.77. The summed E-state index contributed by atoms with van der Waals surface area (Å²) in [4.78, 5) is 17.7. The number of ether oxygens (including phenoxy) is 1. The molecule has 2 aliphatic heterocycles. The zero-order valence-corrected chi connectivity index (χ0v) is 15.4. The van der Waals surface area contributed by atoms with Gasteiger partial charge in [-0.15, -0.1) is 6.58 Å². The van der Waals surface area contributed by atoms with Crippen molar-refractivity contribution >= 4 is 17.3 Å². The Morgan fingerprint density at radius 3 is 3.04 bits per heavy atom. The van der Waals surface area contributed by atoms with Gasteiger partial charge in [-0.2, -0.15) is 11.3 Å². The van der Waals surface area contributed by atoms with Crippen molar-refractivity contribution in [3.8, 4) is 0 Å². The fourth-order valence-corrected chi connectivity index (χ4v) is 4.99. The zero-order valence-electron chi connectivity index (χ0n) is 14.6. The highest BCUT2D eigenvalue weighted by atomic mass is 32.1. The van der Waals surface area contributed by atoms with Gasteiger partial charge in [0.2, 0.25) is 0 Å². The summed E-state index contributed by atoms with van der Waals surface area (Å²) in [6.45, 7) is 11.9. The molecule has 0 amide bonds. The molecule has 0 unspecified atom stereocenters. The van der Waals surface area contributed by atoms with Crippen LogP contribution in [0.5, 0.6) is 0 Å². The number of carbonyl (C=O) groups excluding carboxylic acids is 1. The summed E-state index contributed by atoms with van der Waals surface area (Å²) in [7, 11) is 0. The monoisotopic (exact) mass is 348 g/mol. The van der Waals surface area contributed by atoms with Gasteiger partial charge in [-0.1, -0.05) is 6.08 Å². The molecule has 1 aromatic rings. The molecule has 4 nitrogen and oxygen atoms in total. The molecule has 0 aromatic carbocycles. The summed E-state index contributed by atoms with van der Waals surface area (Å²) in [5.74, 6) is 0.358. The first kappa shape index (κ1) is 17.6. The molecule has 0 saturated carbocycles. The first-order valence-electron chi connectivity index (χ1n) is 8.92. The molecule has 3 rings (SSSR count). The van der Waals surface area contributed by atoms with Crippen molar-refractivity contribution in [2.75, 3.05) is 39.3 Å². The SMILES string of the molecule is C=CCN1C[C@H]2CN(Cc3ccsc3)CCC[C@@]2(C(=O)OCC)C1. The number of hydrogen-bond acceptors (Lipinski definition) is 5. The number of esters is 1. The Morgan fingerprint density at radius 2 is 2.33 bits per heavy atom. The smallest absolute Gasteiger partial charge is 0.313 e. The second-order valence-electron chi connectivity index (χ2n) is 7.03. The molecular weight excluding hydrogens is 320 g/mol. The van der Waals surface area contributed by atoms with Crippen molar-refractivity contribution in [1.82, 2.24) is 9.80 Å².